The van der Waals surface area contributed by atoms with Crippen molar-refractivity contribution in [3.63, 3.8) is 0 Å². The summed E-state index contributed by atoms with van der Waals surface area (Å²) in [5.41, 5.74) is 0. The molecule has 96 heavy (non-hydrogen) atoms. The second kappa shape index (κ2) is 38.9. The molecule has 0 amide bonds. The average Bonchev–Trinajstić information content (AvgIpc) is 0.905. The molecule has 18 heteroatoms. The predicted octanol–water partition coefficient (Wildman–Crippen LogP) is 25.2. The Hall–Kier alpha value is -2.94. The van der Waals surface area contributed by atoms with Crippen LogP contribution in [0.3, 0.4) is 0 Å². The van der Waals surface area contributed by atoms with Crippen molar-refractivity contribution in [2.24, 2.45) is 0 Å². The van der Waals surface area contributed by atoms with Crippen LogP contribution in [0.15, 0.2) is 335 Å². The minimum atomic E-state index is -0.414. The van der Waals surface area contributed by atoms with E-state index in [4.69, 9.17) is 28.4 Å². The molecule has 0 saturated heterocycles. The Bertz CT molecular complexity index is 4250. The molecular formula is C78H60I9O6S3+3. The van der Waals surface area contributed by atoms with Gasteiger partial charge < -0.3 is 28.4 Å². The standard InChI is InChI=1S/C27H22I3O2S.C26H20I3O2S.C25H18I3O2S/c1-2-26(32-27-24(29)16-19(28)17-25(27)30)31-20-10-9-15-23(18-20)33(21-11-5-3-6-12-21)22-13-7-4-8-14-22;1-18(31-26-24(28)15-19(27)16-25(26)29)30-20-9-8-14-23(17-20)32(21-10-4-2-5-11-21)22-12-6-3-7-13-22;26-18-14-23(27)25(24(28)15-18)30-17-29-19-8-7-13-22(16-19)31(20-9-3-1-4-10-20)21-11-5-2-6-12-21/h3-18,26H,2H2,1H3;2-18H,1H3;1-16H,17H2/q3*+1. The lowest BCUT2D eigenvalue weighted by Gasteiger charge is -2.21. The van der Waals surface area contributed by atoms with Gasteiger partial charge in [-0.25, -0.2) is 0 Å². The van der Waals surface area contributed by atoms with Gasteiger partial charge >= 0.3 is 0 Å². The summed E-state index contributed by atoms with van der Waals surface area (Å²) in [6.45, 7) is 4.19. The van der Waals surface area contributed by atoms with Gasteiger partial charge in [0, 0.05) is 42.3 Å². The molecule has 0 aliphatic carbocycles. The largest absolute Gasteiger partial charge is 0.457 e. The quantitative estimate of drug-likeness (QED) is 0.0383. The third-order valence-electron chi connectivity index (χ3n) is 13.8. The lowest BCUT2D eigenvalue weighted by atomic mass is 10.3. The van der Waals surface area contributed by atoms with Gasteiger partial charge in [0.05, 0.1) is 54.1 Å². The van der Waals surface area contributed by atoms with Gasteiger partial charge in [-0.15, -0.1) is 0 Å². The van der Waals surface area contributed by atoms with E-state index < -0.39 is 6.29 Å². The molecule has 12 aromatic rings. The summed E-state index contributed by atoms with van der Waals surface area (Å²) in [4.78, 5) is 11.3. The van der Waals surface area contributed by atoms with Crippen LogP contribution in [0.25, 0.3) is 0 Å². The zero-order chi connectivity index (χ0) is 67.3. The predicted molar refractivity (Wildman–Crippen MR) is 470 cm³/mol. The van der Waals surface area contributed by atoms with Gasteiger partial charge in [-0.05, 0) is 349 Å². The molecule has 0 heterocycles. The number of rotatable bonds is 22. The Balaban J connectivity index is 0.000000157. The number of hydrogen-bond donors (Lipinski definition) is 0. The molecule has 0 fully saturated rings. The van der Waals surface area contributed by atoms with Crippen LogP contribution in [0.4, 0.5) is 0 Å². The van der Waals surface area contributed by atoms with Crippen LogP contribution in [-0.2, 0) is 32.7 Å². The van der Waals surface area contributed by atoms with E-state index in [1.165, 1.54) is 54.8 Å². The number of ether oxygens (including phenoxy) is 6. The molecule has 0 N–H and O–H groups in total. The Morgan fingerprint density at radius 2 is 0.542 bits per heavy atom. The van der Waals surface area contributed by atoms with Crippen molar-refractivity contribution in [3.05, 3.63) is 323 Å². The van der Waals surface area contributed by atoms with Crippen LogP contribution >= 0.6 is 203 Å². The summed E-state index contributed by atoms with van der Waals surface area (Å²) < 4.78 is 47.1. The molecule has 2 atom stereocenters. The zero-order valence-corrected chi connectivity index (χ0v) is 73.2. The van der Waals surface area contributed by atoms with E-state index >= 15 is 0 Å². The number of benzene rings is 12. The average molecular weight is 2330 g/mol. The Morgan fingerprint density at radius 1 is 0.271 bits per heavy atom. The summed E-state index contributed by atoms with van der Waals surface area (Å²) >= 11 is 20.9. The maximum Gasteiger partial charge on any atom is 0.241 e. The van der Waals surface area contributed by atoms with Crippen LogP contribution in [0, 0.1) is 32.1 Å². The SMILES string of the molecule is CC(Oc1cccc([S+](c2ccccc2)c2ccccc2)c1)Oc1c(I)cc(I)cc1I.CCC(Oc1cccc([S+](c2ccccc2)c2ccccc2)c1)Oc1c(I)cc(I)cc1I.Ic1cc(I)c(OCOc2cccc([S+](c3ccccc3)c3ccccc3)c2)c(I)c1. The normalized spacial score (nSPS) is 11.6. The summed E-state index contributed by atoms with van der Waals surface area (Å²) in [6.07, 6.45) is -0.0361. The first kappa shape index (κ1) is 75.7. The van der Waals surface area contributed by atoms with Gasteiger partial charge in [0.25, 0.3) is 0 Å². The fourth-order valence-corrected chi connectivity index (χ4v) is 27.5. The third kappa shape index (κ3) is 22.0. The summed E-state index contributed by atoms with van der Waals surface area (Å²) in [7, 11) is -0.626. The Morgan fingerprint density at radius 3 is 0.865 bits per heavy atom. The minimum absolute atomic E-state index is 0.167. The van der Waals surface area contributed by atoms with Crippen molar-refractivity contribution in [2.45, 2.75) is 76.9 Å². The molecule has 6 nitrogen and oxygen atoms in total. The number of halogens is 9. The lowest BCUT2D eigenvalue weighted by Crippen LogP contribution is -2.24. The molecule has 0 aliphatic heterocycles. The first-order valence-electron chi connectivity index (χ1n) is 29.9. The fourth-order valence-electron chi connectivity index (χ4n) is 9.57. The fraction of sp³-hybridized carbons (Fsp3) is 0.0769. The molecule has 12 rings (SSSR count). The van der Waals surface area contributed by atoms with Crippen molar-refractivity contribution >= 4 is 236 Å². The first-order valence-corrected chi connectivity index (χ1v) is 43.3. The number of hydrogen-bond acceptors (Lipinski definition) is 6. The van der Waals surface area contributed by atoms with Gasteiger partial charge in [-0.1, -0.05) is 134 Å². The van der Waals surface area contributed by atoms with Crippen LogP contribution in [-0.4, -0.2) is 19.4 Å². The van der Waals surface area contributed by atoms with E-state index in [0.29, 0.717) is 0 Å². The highest BCUT2D eigenvalue weighted by molar-refractivity contribution is 14.1. The third-order valence-corrected chi connectivity index (χ3v) is 27.1. The smallest absolute Gasteiger partial charge is 0.241 e. The molecule has 12 aromatic carbocycles. The van der Waals surface area contributed by atoms with E-state index in [9.17, 15) is 0 Å². The van der Waals surface area contributed by atoms with Crippen molar-refractivity contribution in [1.82, 2.24) is 0 Å². The van der Waals surface area contributed by atoms with Gasteiger partial charge in [0.2, 0.25) is 19.4 Å². The van der Waals surface area contributed by atoms with Crippen LogP contribution in [0.1, 0.15) is 20.3 Å². The molecular weight excluding hydrogens is 2270 g/mol. The summed E-state index contributed by atoms with van der Waals surface area (Å²) in [6, 6.07) is 102. The van der Waals surface area contributed by atoms with E-state index in [1.807, 2.05) is 25.1 Å². The van der Waals surface area contributed by atoms with Gasteiger partial charge in [0.15, 0.2) is 55.6 Å². The first-order chi connectivity index (χ1) is 46.7. The zero-order valence-electron chi connectivity index (χ0n) is 51.4. The molecule has 0 spiro atoms. The lowest BCUT2D eigenvalue weighted by molar-refractivity contribution is 0.00181. The van der Waals surface area contributed by atoms with E-state index in [-0.39, 0.29) is 45.8 Å². The highest BCUT2D eigenvalue weighted by Gasteiger charge is 2.32. The molecule has 0 bridgehead atoms. The molecule has 2 unspecified atom stereocenters. The summed E-state index contributed by atoms with van der Waals surface area (Å²) in [5, 5.41) is 0. The molecule has 0 radical (unpaired) electrons. The van der Waals surface area contributed by atoms with Gasteiger partial charge in [-0.3, -0.25) is 0 Å². The highest BCUT2D eigenvalue weighted by Crippen LogP contribution is 2.39. The molecule has 486 valence electrons. The highest BCUT2D eigenvalue weighted by atomic mass is 127. The van der Waals surface area contributed by atoms with Crippen LogP contribution in [0.5, 0.6) is 34.5 Å². The second-order valence-corrected chi connectivity index (χ2v) is 37.4. The Kier molecular flexibility index (Phi) is 30.7. The van der Waals surface area contributed by atoms with Gasteiger partial charge in [-0.2, -0.15) is 0 Å². The molecule has 0 aliphatic rings. The molecule has 0 aromatic heterocycles. The van der Waals surface area contributed by atoms with Crippen molar-refractivity contribution < 1.29 is 28.4 Å². The van der Waals surface area contributed by atoms with E-state index in [1.54, 1.807) is 0 Å². The van der Waals surface area contributed by atoms with E-state index in [0.717, 1.165) is 62.3 Å². The minimum Gasteiger partial charge on any atom is -0.457 e. The topological polar surface area (TPSA) is 55.4 Å². The Labute approximate surface area is 695 Å². The van der Waals surface area contributed by atoms with Gasteiger partial charge in [0.1, 0.15) is 23.0 Å². The van der Waals surface area contributed by atoms with Crippen molar-refractivity contribution in [1.29, 1.82) is 0 Å². The molecule has 0 saturated carbocycles. The maximum atomic E-state index is 6.34. The monoisotopic (exact) mass is 2330 g/mol. The van der Waals surface area contributed by atoms with Crippen molar-refractivity contribution in [2.75, 3.05) is 6.79 Å². The summed E-state index contributed by atoms with van der Waals surface area (Å²) in [5.74, 6) is 5.04. The van der Waals surface area contributed by atoms with Crippen LogP contribution in [0.2, 0.25) is 0 Å². The van der Waals surface area contributed by atoms with E-state index in [2.05, 4.69) is 483 Å². The second-order valence-electron chi connectivity index (χ2n) is 20.6. The van der Waals surface area contributed by atoms with Crippen molar-refractivity contribution in [3.8, 4) is 34.5 Å². The maximum absolute atomic E-state index is 6.34. The van der Waals surface area contributed by atoms with Crippen LogP contribution < -0.4 is 28.4 Å².